The number of rotatable bonds is 0. The van der Waals surface area contributed by atoms with Gasteiger partial charge in [0.05, 0.1) is 51.0 Å². The summed E-state index contributed by atoms with van der Waals surface area (Å²) in [6.07, 6.45) is 0. The zero-order valence-electron chi connectivity index (χ0n) is 102. The molecule has 20 aromatic rings. The third-order valence-electron chi connectivity index (χ3n) is 22.0. The summed E-state index contributed by atoms with van der Waals surface area (Å²) in [5.74, 6) is 0. The van der Waals surface area contributed by atoms with Crippen molar-refractivity contribution >= 4 is 224 Å². The second-order valence-corrected chi connectivity index (χ2v) is 50.0. The Labute approximate surface area is 951 Å². The molecule has 0 bridgehead atoms. The Balaban J connectivity index is 0.000000817. The molecule has 0 radical (unpaired) electrons. The smallest absolute Gasteiger partial charge is 0.108 e. The number of thiophene rings is 3. The van der Waals surface area contributed by atoms with Gasteiger partial charge in [0.25, 0.3) is 0 Å². The lowest BCUT2D eigenvalue weighted by Crippen LogP contribution is -2.11. The highest BCUT2D eigenvalue weighted by atomic mass is 32.1. The minimum atomic E-state index is 0.148. The molecule has 10 aromatic heterocycles. The van der Waals surface area contributed by atoms with Crippen molar-refractivity contribution in [3.8, 4) is 0 Å². The van der Waals surface area contributed by atoms with Gasteiger partial charge in [0.15, 0.2) is 0 Å². The first kappa shape index (κ1) is 139. The first-order valence-electron chi connectivity index (χ1n) is 54.4. The van der Waals surface area contributed by atoms with Crippen molar-refractivity contribution in [1.29, 1.82) is 0 Å². The van der Waals surface area contributed by atoms with Crippen LogP contribution in [0.1, 0.15) is 400 Å². The third kappa shape index (κ3) is 43.5. The summed E-state index contributed by atoms with van der Waals surface area (Å²) in [5.41, 5.74) is 22.8. The molecule has 0 aliphatic rings. The third-order valence-corrected chi connectivity index (χ3v) is 30.0. The number of hydrogen-bond acceptors (Lipinski definition) is 19. The van der Waals surface area contributed by atoms with E-state index in [4.69, 9.17) is 0 Å². The fraction of sp³-hybridized carbons (Fsp3) is 0.458. The number of aromatic nitrogens is 9. The molecule has 0 atom stereocenters. The maximum atomic E-state index is 4.43. The van der Waals surface area contributed by atoms with Crippen LogP contribution in [0.4, 0.5) is 0 Å². The van der Waals surface area contributed by atoms with E-state index in [1.807, 2.05) is 174 Å². The quantitative estimate of drug-likeness (QED) is 0.146. The molecule has 0 amide bonds. The predicted octanol–water partition coefficient (Wildman–Crippen LogP) is 46.8. The molecule has 0 aliphatic heterocycles. The van der Waals surface area contributed by atoms with Crippen molar-refractivity contribution in [3.63, 3.8) is 0 Å². The van der Waals surface area contributed by atoms with Gasteiger partial charge in [-0.05, 0) is 270 Å². The summed E-state index contributed by atoms with van der Waals surface area (Å²) in [6.45, 7) is 107. The van der Waals surface area contributed by atoms with Crippen LogP contribution < -0.4 is 0 Å². The molecule has 0 N–H and O–H groups in total. The Bertz CT molecular complexity index is 6240. The number of nitrogens with zero attached hydrogens (tertiary/aromatic N) is 9. The van der Waals surface area contributed by atoms with Crippen LogP contribution in [0.15, 0.2) is 243 Å². The van der Waals surface area contributed by atoms with Crippen LogP contribution in [-0.4, -0.2) is 39.4 Å². The van der Waals surface area contributed by atoms with E-state index in [2.05, 4.69) is 465 Å². The summed E-state index contributed by atoms with van der Waals surface area (Å²) in [4.78, 5) is 2.87. The Kier molecular flexibility index (Phi) is 62.2. The molecule has 19 heteroatoms. The van der Waals surface area contributed by atoms with Crippen LogP contribution in [0.25, 0.3) is 109 Å². The van der Waals surface area contributed by atoms with E-state index in [1.54, 1.807) is 34.2 Å². The zero-order chi connectivity index (χ0) is 115. The van der Waals surface area contributed by atoms with Crippen molar-refractivity contribution in [3.05, 3.63) is 297 Å². The Morgan fingerprint density at radius 2 is 0.520 bits per heavy atom. The highest BCUT2D eigenvalue weighted by Gasteiger charge is 2.25. The monoisotopic (exact) mass is 2210 g/mol. The maximum Gasteiger partial charge on any atom is 0.108 e. The van der Waals surface area contributed by atoms with Crippen LogP contribution in [0, 0.1) is 0 Å². The fourth-order valence-electron chi connectivity index (χ4n) is 14.5. The Morgan fingerprint density at radius 3 is 1.05 bits per heavy atom. The normalized spacial score (nSPS) is 11.0. The second kappa shape index (κ2) is 67.1. The Hall–Kier alpha value is -8.83. The first-order valence-corrected chi connectivity index (χ1v) is 62.7. The van der Waals surface area contributed by atoms with Gasteiger partial charge in [-0.2, -0.15) is 62.0 Å². The van der Waals surface area contributed by atoms with Gasteiger partial charge >= 0.3 is 0 Å². The fourth-order valence-corrected chi connectivity index (χ4v) is 21.7. The van der Waals surface area contributed by atoms with E-state index < -0.39 is 0 Å². The summed E-state index contributed by atoms with van der Waals surface area (Å²) >= 11 is 15.7. The van der Waals surface area contributed by atoms with Crippen LogP contribution in [0.5, 0.6) is 0 Å². The van der Waals surface area contributed by atoms with Crippen LogP contribution in [-0.2, 0) is 54.1 Å². The molecule has 0 fully saturated rings. The first-order chi connectivity index (χ1) is 70.8. The SMILES string of the molecule is CC.CC.CC.CC.CC.CC.CC.CC.CC.CC.CC(C)(C)c1ccc2cscc2c1.CC(C)(C)c1ccc2csnc2c1.CC(C)(C)c1ccc2nscc2c1.CC(C)(C)c1ccc2nsnc2c1.CC(C)(C)c1cccc2cscc12.CC(C)(C)c1cccc2csnc12.CC(C)(C)c1cccc2nscc12.CC(C)(C)c1cccc2nsnc12.CC(C)(C)c1scc2ccccc12.CC(C)(C)c1snc2ccccc12. The molecule has 10 heterocycles. The molecule has 0 saturated carbocycles. The average molecular weight is 2210 g/mol. The van der Waals surface area contributed by atoms with E-state index in [9.17, 15) is 0 Å². The summed E-state index contributed by atoms with van der Waals surface area (Å²) < 4.78 is 38.7. The van der Waals surface area contributed by atoms with E-state index in [1.165, 1.54) is 189 Å². The summed E-state index contributed by atoms with van der Waals surface area (Å²) in [5, 5.41) is 34.2. The topological polar surface area (TPSA) is 116 Å². The minimum Gasteiger partial charge on any atom is -0.193 e. The highest BCUT2D eigenvalue weighted by Crippen LogP contribution is 2.40. The number of hydrogen-bond donors (Lipinski definition) is 0. The van der Waals surface area contributed by atoms with Crippen molar-refractivity contribution in [2.24, 2.45) is 0 Å². The van der Waals surface area contributed by atoms with Crippen molar-refractivity contribution < 1.29 is 0 Å². The molecule has 820 valence electrons. The second-order valence-electron chi connectivity index (χ2n) is 43.3. The van der Waals surface area contributed by atoms with Crippen LogP contribution in [0.2, 0.25) is 0 Å². The van der Waals surface area contributed by atoms with Crippen molar-refractivity contribution in [2.45, 2.75) is 400 Å². The summed E-state index contributed by atoms with van der Waals surface area (Å²) in [6, 6.07) is 68.5. The van der Waals surface area contributed by atoms with Crippen molar-refractivity contribution in [2.75, 3.05) is 0 Å². The molecule has 0 aliphatic carbocycles. The molecular formula is C131H191N9S10. The summed E-state index contributed by atoms with van der Waals surface area (Å²) in [7, 11) is 0. The predicted molar refractivity (Wildman–Crippen MR) is 699 cm³/mol. The van der Waals surface area contributed by atoms with E-state index in [0.717, 1.165) is 44.1 Å². The molecule has 20 rings (SSSR count). The highest BCUT2D eigenvalue weighted by molar-refractivity contribution is 7.12. The maximum absolute atomic E-state index is 4.43. The molecule has 10 aromatic carbocycles. The van der Waals surface area contributed by atoms with Gasteiger partial charge in [0, 0.05) is 58.2 Å². The van der Waals surface area contributed by atoms with Gasteiger partial charge < -0.3 is 0 Å². The average Bonchev–Trinajstić information content (AvgIpc) is 1.30. The van der Waals surface area contributed by atoms with Gasteiger partial charge in [-0.1, -0.05) is 486 Å². The molecule has 0 spiro atoms. The lowest BCUT2D eigenvalue weighted by Gasteiger charge is -2.19. The molecule has 0 saturated heterocycles. The van der Waals surface area contributed by atoms with Gasteiger partial charge in [-0.25, -0.2) is 0 Å². The van der Waals surface area contributed by atoms with Gasteiger partial charge in [-0.3, -0.25) is 0 Å². The van der Waals surface area contributed by atoms with Gasteiger partial charge in [0.1, 0.15) is 22.1 Å². The standard InChI is InChI=1S/3C12H14S.5C11H13NS.2C10H12N2S.10C2H6/c1-12(2,3)11-5-4-9-7-13-8-10(9)6-11;1-12(2,3)11-6-4-5-9-7-13-8-10(9)11;1-12(2,3)11-10-7-5-4-6-9(10)8-13-11;1-11(2,3)9-4-5-10-8(6-9)7-13-12-10;1-11(2,3)9-5-4-8-7-13-12-10(8)6-9;1-11(2,3)9-5-4-6-10-8(9)7-13-12-10;1-11(2,3)9-6-4-5-8-7-13-12-10(8)9;1-11(2,3)10-8-6-4-5-7-9(8)12-13-10;1-10(2,3)7-4-5-8-9(6-7)12-13-11-8;1-10(2,3)7-5-4-6-8-9(7)12-13-11-8;10*1-2/h3*4-8H,1-3H3;5*4-7H,1-3H3;2*4-6H,1-3H3;10*1-2H3. The molecule has 0 unspecified atom stereocenters. The van der Waals surface area contributed by atoms with Crippen molar-refractivity contribution in [1.82, 2.24) is 39.4 Å². The van der Waals surface area contributed by atoms with E-state index >= 15 is 0 Å². The molecule has 9 nitrogen and oxygen atoms in total. The Morgan fingerprint density at radius 1 is 0.173 bits per heavy atom. The largest absolute Gasteiger partial charge is 0.193 e. The molecular weight excluding hydrogens is 2020 g/mol. The van der Waals surface area contributed by atoms with Crippen LogP contribution >= 0.6 is 115 Å². The molecule has 150 heavy (non-hydrogen) atoms. The van der Waals surface area contributed by atoms with Gasteiger partial charge in [-0.15, -0.1) is 11.3 Å². The van der Waals surface area contributed by atoms with Crippen LogP contribution in [0.3, 0.4) is 0 Å². The zero-order valence-corrected chi connectivity index (χ0v) is 110. The number of fused-ring (bicyclic) bond motifs is 10. The lowest BCUT2D eigenvalue weighted by molar-refractivity contribution is 0.591. The number of benzene rings is 10. The lowest BCUT2D eigenvalue weighted by atomic mass is 9.85. The van der Waals surface area contributed by atoms with Gasteiger partial charge in [0.2, 0.25) is 0 Å². The van der Waals surface area contributed by atoms with E-state index in [-0.39, 0.29) is 54.1 Å². The minimum absolute atomic E-state index is 0.148. The van der Waals surface area contributed by atoms with E-state index in [0.29, 0.717) is 0 Å².